The number of hydrogen-bond donors (Lipinski definition) is 1. The van der Waals surface area contributed by atoms with E-state index >= 15 is 0 Å². The van der Waals surface area contributed by atoms with Crippen LogP contribution in [0.3, 0.4) is 0 Å². The van der Waals surface area contributed by atoms with E-state index in [0.29, 0.717) is 11.6 Å². The van der Waals surface area contributed by atoms with Gasteiger partial charge in [0.1, 0.15) is 18.4 Å². The lowest BCUT2D eigenvalue weighted by Crippen LogP contribution is -2.48. The maximum Gasteiger partial charge on any atom is 0.251 e. The summed E-state index contributed by atoms with van der Waals surface area (Å²) in [6.45, 7) is -0.260. The number of amides is 2. The van der Waals surface area contributed by atoms with Crippen LogP contribution in [0.15, 0.2) is 66.0 Å². The zero-order valence-corrected chi connectivity index (χ0v) is 25.0. The number of rotatable bonds is 9. The van der Waals surface area contributed by atoms with Crippen LogP contribution >= 0.6 is 11.3 Å². The van der Waals surface area contributed by atoms with Gasteiger partial charge in [-0.05, 0) is 78.1 Å². The summed E-state index contributed by atoms with van der Waals surface area (Å²) in [5.41, 5.74) is 2.11. The van der Waals surface area contributed by atoms with E-state index in [-0.39, 0.29) is 35.8 Å². The van der Waals surface area contributed by atoms with Crippen LogP contribution in [-0.2, 0) is 16.1 Å². The molecule has 6 rings (SSSR count). The van der Waals surface area contributed by atoms with Crippen LogP contribution in [0.4, 0.5) is 10.1 Å². The molecular formula is C33H37FN6O2S. The normalized spacial score (nSPS) is 17.0. The first kappa shape index (κ1) is 29.2. The zero-order chi connectivity index (χ0) is 29.6. The monoisotopic (exact) mass is 600 g/mol. The number of hydrogen-bond acceptors (Lipinski definition) is 6. The fourth-order valence-electron chi connectivity index (χ4n) is 6.39. The molecule has 2 aromatic heterocycles. The second-order valence-electron chi connectivity index (χ2n) is 11.6. The molecule has 10 heteroatoms. The average molecular weight is 601 g/mol. The third-order valence-corrected chi connectivity index (χ3v) is 9.56. The summed E-state index contributed by atoms with van der Waals surface area (Å²) >= 11 is 1.45. The number of carbonyl (C=O) groups excluding carboxylic acids is 2. The number of tetrazole rings is 1. The Morgan fingerprint density at radius 1 is 0.930 bits per heavy atom. The topological polar surface area (TPSA) is 93.0 Å². The van der Waals surface area contributed by atoms with Gasteiger partial charge in [0.15, 0.2) is 0 Å². The van der Waals surface area contributed by atoms with Gasteiger partial charge in [0.05, 0.1) is 5.56 Å². The molecule has 2 saturated carbocycles. The maximum atomic E-state index is 14.4. The lowest BCUT2D eigenvalue weighted by Gasteiger charge is -2.33. The van der Waals surface area contributed by atoms with Crippen LogP contribution in [-0.4, -0.2) is 38.1 Å². The molecule has 0 unspecified atom stereocenters. The van der Waals surface area contributed by atoms with Gasteiger partial charge in [-0.2, -0.15) is 4.80 Å². The second kappa shape index (κ2) is 13.6. The summed E-state index contributed by atoms with van der Waals surface area (Å²) in [6.07, 6.45) is 11.3. The molecule has 2 fully saturated rings. The minimum atomic E-state index is -0.857. The van der Waals surface area contributed by atoms with Gasteiger partial charge in [-0.3, -0.25) is 14.5 Å². The van der Waals surface area contributed by atoms with Crippen LogP contribution in [0.2, 0.25) is 0 Å². The molecule has 0 aliphatic heterocycles. The van der Waals surface area contributed by atoms with Gasteiger partial charge in [0, 0.05) is 16.6 Å². The average Bonchev–Trinajstić information content (AvgIpc) is 3.74. The third-order valence-electron chi connectivity index (χ3n) is 8.63. The molecule has 2 amide bonds. The number of halogens is 1. The zero-order valence-electron chi connectivity index (χ0n) is 24.2. The molecule has 2 aliphatic carbocycles. The van der Waals surface area contributed by atoms with Crippen molar-refractivity contribution in [2.45, 2.75) is 88.8 Å². The van der Waals surface area contributed by atoms with Crippen LogP contribution in [0.25, 0.3) is 11.4 Å². The molecule has 2 heterocycles. The van der Waals surface area contributed by atoms with Gasteiger partial charge in [-0.1, -0.05) is 68.9 Å². The standard InChI is InChI=1S/C33H37FN6O2S/c34-28-15-8-7-14-27(28)32-36-38-39(37-32)22-30(41)40(26-19-17-24(18-20-26)23-10-3-1-4-11-23)31(29-16-9-21-43-29)33(42)35-25-12-5-2-6-13-25/h7-9,14-21,23,25,31H,1-6,10-13,22H2,(H,35,42)/t31-/m1/s1. The van der Waals surface area contributed by atoms with E-state index < -0.39 is 11.9 Å². The van der Waals surface area contributed by atoms with Crippen molar-refractivity contribution in [1.82, 2.24) is 25.5 Å². The molecule has 4 aromatic rings. The van der Waals surface area contributed by atoms with Crippen molar-refractivity contribution in [3.8, 4) is 11.4 Å². The smallest absolute Gasteiger partial charge is 0.251 e. The summed E-state index contributed by atoms with van der Waals surface area (Å²) in [7, 11) is 0. The molecule has 2 aromatic carbocycles. The molecule has 0 bridgehead atoms. The van der Waals surface area contributed by atoms with E-state index in [2.05, 4.69) is 32.9 Å². The molecular weight excluding hydrogens is 563 g/mol. The summed E-state index contributed by atoms with van der Waals surface area (Å²) in [5.74, 6) is -0.409. The highest BCUT2D eigenvalue weighted by Crippen LogP contribution is 2.36. The molecule has 224 valence electrons. The van der Waals surface area contributed by atoms with Crippen molar-refractivity contribution in [3.63, 3.8) is 0 Å². The predicted octanol–water partition coefficient (Wildman–Crippen LogP) is 6.81. The van der Waals surface area contributed by atoms with Crippen LogP contribution in [0, 0.1) is 5.82 Å². The Kier molecular flexibility index (Phi) is 9.21. The van der Waals surface area contributed by atoms with Crippen molar-refractivity contribution in [3.05, 3.63) is 82.3 Å². The molecule has 0 saturated heterocycles. The van der Waals surface area contributed by atoms with Crippen LogP contribution in [0.5, 0.6) is 0 Å². The van der Waals surface area contributed by atoms with Crippen molar-refractivity contribution in [2.75, 3.05) is 4.90 Å². The van der Waals surface area contributed by atoms with Crippen molar-refractivity contribution >= 4 is 28.8 Å². The van der Waals surface area contributed by atoms with E-state index in [4.69, 9.17) is 0 Å². The number of nitrogens with one attached hydrogen (secondary N) is 1. The van der Waals surface area contributed by atoms with Gasteiger partial charge in [-0.15, -0.1) is 21.5 Å². The number of carbonyl (C=O) groups is 2. The summed E-state index contributed by atoms with van der Waals surface area (Å²) in [4.78, 5) is 31.7. The van der Waals surface area contributed by atoms with Gasteiger partial charge >= 0.3 is 0 Å². The fourth-order valence-corrected chi connectivity index (χ4v) is 7.20. The van der Waals surface area contributed by atoms with Crippen molar-refractivity contribution < 1.29 is 14.0 Å². The maximum absolute atomic E-state index is 14.4. The number of aromatic nitrogens is 4. The number of anilines is 1. The molecule has 0 spiro atoms. The Balaban J connectivity index is 1.32. The van der Waals surface area contributed by atoms with E-state index in [1.165, 1.54) is 61.5 Å². The summed E-state index contributed by atoms with van der Waals surface area (Å²) in [5, 5.41) is 17.5. The van der Waals surface area contributed by atoms with Gasteiger partial charge in [0.25, 0.3) is 5.91 Å². The molecule has 1 N–H and O–H groups in total. The Bertz CT molecular complexity index is 1510. The predicted molar refractivity (Wildman–Crippen MR) is 165 cm³/mol. The minimum Gasteiger partial charge on any atom is -0.351 e. The summed E-state index contributed by atoms with van der Waals surface area (Å²) < 4.78 is 14.4. The second-order valence-corrected chi connectivity index (χ2v) is 12.6. The Morgan fingerprint density at radius 3 is 2.35 bits per heavy atom. The fraction of sp³-hybridized carbons (Fsp3) is 0.424. The number of nitrogens with zero attached hydrogens (tertiary/aromatic N) is 5. The van der Waals surface area contributed by atoms with Crippen LogP contribution < -0.4 is 10.2 Å². The Morgan fingerprint density at radius 2 is 1.65 bits per heavy atom. The highest BCUT2D eigenvalue weighted by molar-refractivity contribution is 7.10. The van der Waals surface area contributed by atoms with E-state index in [9.17, 15) is 14.0 Å². The molecule has 43 heavy (non-hydrogen) atoms. The first-order valence-corrected chi connectivity index (χ1v) is 16.2. The highest BCUT2D eigenvalue weighted by Gasteiger charge is 2.35. The van der Waals surface area contributed by atoms with E-state index in [0.717, 1.165) is 35.4 Å². The lowest BCUT2D eigenvalue weighted by atomic mass is 9.84. The largest absolute Gasteiger partial charge is 0.351 e. The molecule has 8 nitrogen and oxygen atoms in total. The Labute approximate surface area is 255 Å². The van der Waals surface area contributed by atoms with E-state index in [1.54, 1.807) is 23.1 Å². The van der Waals surface area contributed by atoms with Gasteiger partial charge < -0.3 is 5.32 Å². The first-order chi connectivity index (χ1) is 21.1. The lowest BCUT2D eigenvalue weighted by molar-refractivity contribution is -0.127. The van der Waals surface area contributed by atoms with Crippen molar-refractivity contribution in [2.24, 2.45) is 0 Å². The number of thiophene rings is 1. The van der Waals surface area contributed by atoms with Gasteiger partial charge in [0.2, 0.25) is 11.7 Å². The first-order valence-electron chi connectivity index (χ1n) is 15.4. The molecule has 1 atom stereocenters. The third kappa shape index (κ3) is 6.85. The Hall–Kier alpha value is -3.92. The SMILES string of the molecule is O=C(NC1CCCCC1)[C@@H](c1cccs1)N(C(=O)Cn1nnc(-c2ccccc2F)n1)c1ccc(C2CCCCC2)cc1. The molecule has 2 aliphatic rings. The van der Waals surface area contributed by atoms with Gasteiger partial charge in [-0.25, -0.2) is 4.39 Å². The van der Waals surface area contributed by atoms with E-state index in [1.807, 2.05) is 29.6 Å². The number of benzene rings is 2. The quantitative estimate of drug-likeness (QED) is 0.228. The van der Waals surface area contributed by atoms with Crippen LogP contribution in [0.1, 0.15) is 86.6 Å². The highest BCUT2D eigenvalue weighted by atomic mass is 32.1. The molecule has 0 radical (unpaired) electrons. The summed E-state index contributed by atoms with van der Waals surface area (Å²) in [6, 6.07) is 17.3. The van der Waals surface area contributed by atoms with Crippen molar-refractivity contribution in [1.29, 1.82) is 0 Å². The minimum absolute atomic E-state index is 0.0923.